The first-order chi connectivity index (χ1) is 9.30. The summed E-state index contributed by atoms with van der Waals surface area (Å²) in [6, 6.07) is 4.43. The zero-order valence-corrected chi connectivity index (χ0v) is 13.2. The summed E-state index contributed by atoms with van der Waals surface area (Å²) in [7, 11) is -3.35. The summed E-state index contributed by atoms with van der Waals surface area (Å²) < 4.78 is 23.2. The van der Waals surface area contributed by atoms with Crippen LogP contribution in [-0.2, 0) is 9.84 Å². The molecular formula is C14H18ClNO3S. The number of hydrogen-bond donors (Lipinski definition) is 0. The molecule has 20 heavy (non-hydrogen) atoms. The van der Waals surface area contributed by atoms with Crippen molar-refractivity contribution in [2.45, 2.75) is 37.1 Å². The molecule has 0 unspecified atom stereocenters. The molecule has 0 spiro atoms. The number of likely N-dealkylation sites (tertiary alicyclic amines) is 1. The van der Waals surface area contributed by atoms with E-state index in [0.717, 1.165) is 25.5 Å². The van der Waals surface area contributed by atoms with Gasteiger partial charge in [0.2, 0.25) is 0 Å². The molecule has 1 atom stereocenters. The number of halogens is 1. The van der Waals surface area contributed by atoms with Crippen molar-refractivity contribution in [3.05, 3.63) is 28.8 Å². The van der Waals surface area contributed by atoms with E-state index in [4.69, 9.17) is 11.6 Å². The van der Waals surface area contributed by atoms with Gasteiger partial charge in [-0.25, -0.2) is 8.42 Å². The van der Waals surface area contributed by atoms with Gasteiger partial charge in [0.1, 0.15) is 0 Å². The molecule has 6 heteroatoms. The maximum Gasteiger partial charge on any atom is 0.255 e. The SMILES string of the molecule is C[C@H]1CCCCN1C(=O)c1cc(S(C)(=O)=O)ccc1Cl. The highest BCUT2D eigenvalue weighted by Gasteiger charge is 2.26. The van der Waals surface area contributed by atoms with Crippen molar-refractivity contribution < 1.29 is 13.2 Å². The van der Waals surface area contributed by atoms with E-state index in [9.17, 15) is 13.2 Å². The van der Waals surface area contributed by atoms with E-state index >= 15 is 0 Å². The van der Waals surface area contributed by atoms with Crippen molar-refractivity contribution in [3.63, 3.8) is 0 Å². The summed E-state index contributed by atoms with van der Waals surface area (Å²) in [6.07, 6.45) is 4.17. The highest BCUT2D eigenvalue weighted by molar-refractivity contribution is 7.90. The van der Waals surface area contributed by atoms with Crippen LogP contribution in [-0.4, -0.2) is 38.1 Å². The second-order valence-electron chi connectivity index (χ2n) is 5.26. The lowest BCUT2D eigenvalue weighted by Crippen LogP contribution is -2.42. The number of hydrogen-bond acceptors (Lipinski definition) is 3. The molecule has 1 fully saturated rings. The molecule has 1 saturated heterocycles. The van der Waals surface area contributed by atoms with Crippen LogP contribution in [0.4, 0.5) is 0 Å². The minimum Gasteiger partial charge on any atom is -0.336 e. The Labute approximate surface area is 124 Å². The van der Waals surface area contributed by atoms with Gasteiger partial charge in [-0.1, -0.05) is 11.6 Å². The Morgan fingerprint density at radius 1 is 1.35 bits per heavy atom. The van der Waals surface area contributed by atoms with Crippen LogP contribution in [0.3, 0.4) is 0 Å². The zero-order chi connectivity index (χ0) is 14.9. The molecule has 2 rings (SSSR count). The molecule has 1 aromatic carbocycles. The van der Waals surface area contributed by atoms with Crippen LogP contribution in [0.1, 0.15) is 36.5 Å². The van der Waals surface area contributed by atoms with Crippen molar-refractivity contribution >= 4 is 27.3 Å². The van der Waals surface area contributed by atoms with E-state index in [1.165, 1.54) is 18.2 Å². The monoisotopic (exact) mass is 315 g/mol. The lowest BCUT2D eigenvalue weighted by molar-refractivity contribution is 0.0635. The second-order valence-corrected chi connectivity index (χ2v) is 7.68. The first kappa shape index (κ1) is 15.3. The van der Waals surface area contributed by atoms with Crippen LogP contribution in [0.25, 0.3) is 0 Å². The van der Waals surface area contributed by atoms with E-state index in [2.05, 4.69) is 0 Å². The molecule has 0 saturated carbocycles. The fourth-order valence-corrected chi connectivity index (χ4v) is 3.30. The molecule has 110 valence electrons. The minimum absolute atomic E-state index is 0.120. The highest BCUT2D eigenvalue weighted by atomic mass is 35.5. The van der Waals surface area contributed by atoms with Crippen LogP contribution in [0.5, 0.6) is 0 Å². The topological polar surface area (TPSA) is 54.5 Å². The van der Waals surface area contributed by atoms with Crippen LogP contribution in [0.15, 0.2) is 23.1 Å². The standard InChI is InChI=1S/C14H18ClNO3S/c1-10-5-3-4-8-16(10)14(17)12-9-11(20(2,18)19)6-7-13(12)15/h6-7,9-10H,3-5,8H2,1-2H3/t10-/m0/s1. The molecule has 0 aromatic heterocycles. The molecule has 1 aliphatic heterocycles. The maximum absolute atomic E-state index is 12.6. The molecule has 0 N–H and O–H groups in total. The normalized spacial score (nSPS) is 19.9. The number of rotatable bonds is 2. The summed E-state index contributed by atoms with van der Waals surface area (Å²) in [5, 5.41) is 0.292. The molecule has 1 amide bonds. The summed E-state index contributed by atoms with van der Waals surface area (Å²) in [6.45, 7) is 2.70. The van der Waals surface area contributed by atoms with Gasteiger partial charge >= 0.3 is 0 Å². The number of carbonyl (C=O) groups is 1. The molecule has 1 heterocycles. The smallest absolute Gasteiger partial charge is 0.255 e. The molecule has 1 aliphatic rings. The van der Waals surface area contributed by atoms with E-state index in [1.54, 1.807) is 4.90 Å². The van der Waals surface area contributed by atoms with E-state index < -0.39 is 9.84 Å². The van der Waals surface area contributed by atoms with Gasteiger partial charge in [0.25, 0.3) is 5.91 Å². The number of benzene rings is 1. The number of nitrogens with zero attached hydrogens (tertiary/aromatic N) is 1. The van der Waals surface area contributed by atoms with Gasteiger partial charge in [-0.3, -0.25) is 4.79 Å². The van der Waals surface area contributed by atoms with Crippen LogP contribution >= 0.6 is 11.6 Å². The van der Waals surface area contributed by atoms with Crippen molar-refractivity contribution in [1.29, 1.82) is 0 Å². The Balaban J connectivity index is 2.38. The minimum atomic E-state index is -3.35. The van der Waals surface area contributed by atoms with Gasteiger partial charge in [0.05, 0.1) is 15.5 Å². The van der Waals surface area contributed by atoms with Crippen LogP contribution in [0, 0.1) is 0 Å². The first-order valence-corrected chi connectivity index (χ1v) is 8.88. The molecule has 4 nitrogen and oxygen atoms in total. The van der Waals surface area contributed by atoms with Crippen molar-refractivity contribution in [3.8, 4) is 0 Å². The fraction of sp³-hybridized carbons (Fsp3) is 0.500. The quantitative estimate of drug-likeness (QED) is 0.843. The number of carbonyl (C=O) groups excluding carboxylic acids is 1. The van der Waals surface area contributed by atoms with Gasteiger partial charge in [0, 0.05) is 18.8 Å². The van der Waals surface area contributed by atoms with Gasteiger partial charge in [-0.15, -0.1) is 0 Å². The Kier molecular flexibility index (Phi) is 4.39. The predicted octanol–water partition coefficient (Wildman–Crippen LogP) is 2.76. The summed E-state index contributed by atoms with van der Waals surface area (Å²) in [5.41, 5.74) is 0.267. The lowest BCUT2D eigenvalue weighted by Gasteiger charge is -2.33. The Bertz CT molecular complexity index is 627. The third kappa shape index (κ3) is 3.15. The Morgan fingerprint density at radius 3 is 2.65 bits per heavy atom. The third-order valence-electron chi connectivity index (χ3n) is 3.66. The van der Waals surface area contributed by atoms with Crippen LogP contribution in [0.2, 0.25) is 5.02 Å². The van der Waals surface area contributed by atoms with Gasteiger partial charge in [-0.05, 0) is 44.4 Å². The molecule has 1 aromatic rings. The second kappa shape index (κ2) is 5.74. The Morgan fingerprint density at radius 2 is 2.05 bits per heavy atom. The maximum atomic E-state index is 12.6. The summed E-state index contributed by atoms with van der Waals surface area (Å²) >= 11 is 6.07. The first-order valence-electron chi connectivity index (χ1n) is 6.61. The summed E-state index contributed by atoms with van der Waals surface area (Å²) in [5.74, 6) is -0.187. The largest absolute Gasteiger partial charge is 0.336 e. The molecule has 0 bridgehead atoms. The molecule has 0 aliphatic carbocycles. The predicted molar refractivity (Wildman–Crippen MR) is 78.9 cm³/mol. The van der Waals surface area contributed by atoms with E-state index in [0.29, 0.717) is 11.6 Å². The number of piperidine rings is 1. The Hall–Kier alpha value is -1.07. The van der Waals surface area contributed by atoms with Crippen molar-refractivity contribution in [1.82, 2.24) is 4.90 Å². The average molecular weight is 316 g/mol. The van der Waals surface area contributed by atoms with Crippen molar-refractivity contribution in [2.75, 3.05) is 12.8 Å². The number of amides is 1. The lowest BCUT2D eigenvalue weighted by atomic mass is 10.0. The molecule has 0 radical (unpaired) electrons. The average Bonchev–Trinajstić information content (AvgIpc) is 2.37. The zero-order valence-electron chi connectivity index (χ0n) is 11.6. The van der Waals surface area contributed by atoms with Gasteiger partial charge in [0.15, 0.2) is 9.84 Å². The third-order valence-corrected chi connectivity index (χ3v) is 5.10. The summed E-state index contributed by atoms with van der Waals surface area (Å²) in [4.78, 5) is 14.5. The van der Waals surface area contributed by atoms with Crippen LogP contribution < -0.4 is 0 Å². The van der Waals surface area contributed by atoms with Crippen molar-refractivity contribution in [2.24, 2.45) is 0 Å². The fourth-order valence-electron chi connectivity index (χ4n) is 2.45. The number of sulfone groups is 1. The molecular weight excluding hydrogens is 298 g/mol. The van der Waals surface area contributed by atoms with E-state index in [1.807, 2.05) is 6.92 Å². The van der Waals surface area contributed by atoms with E-state index in [-0.39, 0.29) is 22.4 Å². The van der Waals surface area contributed by atoms with Gasteiger partial charge in [-0.2, -0.15) is 0 Å². The van der Waals surface area contributed by atoms with Gasteiger partial charge < -0.3 is 4.90 Å². The highest BCUT2D eigenvalue weighted by Crippen LogP contribution is 2.25.